The zero-order chi connectivity index (χ0) is 17.2. The van der Waals surface area contributed by atoms with Gasteiger partial charge in [-0.25, -0.2) is 5.43 Å². The number of Topliss-reactive ketones (excluding diaryl/α,β-unsaturated/α-hetero) is 1. The van der Waals surface area contributed by atoms with Crippen molar-refractivity contribution in [1.82, 2.24) is 15.8 Å². The Kier molecular flexibility index (Phi) is 4.66. The van der Waals surface area contributed by atoms with Crippen molar-refractivity contribution < 1.29 is 9.59 Å². The maximum atomic E-state index is 12.8. The Bertz CT molecular complexity index is 664. The molecule has 1 aliphatic heterocycles. The van der Waals surface area contributed by atoms with Gasteiger partial charge in [0.25, 0.3) is 0 Å². The first-order valence-corrected chi connectivity index (χ1v) is 8.16. The van der Waals surface area contributed by atoms with E-state index in [9.17, 15) is 9.59 Å². The number of amides is 1. The average molecular weight is 329 g/mol. The number of allylic oxidation sites excluding steroid dienone is 6. The highest BCUT2D eigenvalue weighted by atomic mass is 16.2. The molecule has 0 bridgehead atoms. The van der Waals surface area contributed by atoms with Crippen LogP contribution in [0.4, 0.5) is 0 Å². The number of nitrogens with one attached hydrogen (secondary N) is 2. The summed E-state index contributed by atoms with van der Waals surface area (Å²) >= 11 is 0. The molecule has 0 fully saturated rings. The van der Waals surface area contributed by atoms with Gasteiger partial charge in [0.05, 0.1) is 11.6 Å². The molecule has 1 heterocycles. The van der Waals surface area contributed by atoms with E-state index in [0.717, 1.165) is 5.57 Å². The van der Waals surface area contributed by atoms with Gasteiger partial charge in [0.2, 0.25) is 5.91 Å². The zero-order valence-corrected chi connectivity index (χ0v) is 13.5. The van der Waals surface area contributed by atoms with Gasteiger partial charge in [0, 0.05) is 44.2 Å². The molecule has 0 radical (unpaired) electrons. The molecule has 24 heavy (non-hydrogen) atoms. The van der Waals surface area contributed by atoms with Crippen molar-refractivity contribution in [3.8, 4) is 0 Å². The molecule has 6 N–H and O–H groups in total. The molecular weight excluding hydrogens is 306 g/mol. The van der Waals surface area contributed by atoms with E-state index in [1.807, 2.05) is 30.4 Å². The lowest BCUT2D eigenvalue weighted by Crippen LogP contribution is -2.54. The summed E-state index contributed by atoms with van der Waals surface area (Å²) in [5.41, 5.74) is 14.9. The van der Waals surface area contributed by atoms with Crippen LogP contribution in [-0.4, -0.2) is 42.9 Å². The van der Waals surface area contributed by atoms with E-state index < -0.39 is 11.3 Å². The Morgan fingerprint density at radius 3 is 2.75 bits per heavy atom. The molecule has 2 atom stereocenters. The van der Waals surface area contributed by atoms with Crippen LogP contribution in [0.3, 0.4) is 0 Å². The van der Waals surface area contributed by atoms with E-state index in [2.05, 4.69) is 10.7 Å². The molecular formula is C17H23N5O2. The van der Waals surface area contributed by atoms with Crippen molar-refractivity contribution in [3.63, 3.8) is 0 Å². The third kappa shape index (κ3) is 2.71. The number of rotatable bonds is 6. The van der Waals surface area contributed by atoms with Crippen LogP contribution in [0.15, 0.2) is 47.9 Å². The maximum absolute atomic E-state index is 12.8. The molecule has 0 aromatic rings. The van der Waals surface area contributed by atoms with Gasteiger partial charge in [-0.2, -0.15) is 0 Å². The molecule has 7 nitrogen and oxygen atoms in total. The van der Waals surface area contributed by atoms with Crippen LogP contribution in [0, 0.1) is 11.3 Å². The number of nitrogens with zero attached hydrogens (tertiary/aromatic N) is 1. The lowest BCUT2D eigenvalue weighted by atomic mass is 9.61. The topological polar surface area (TPSA) is 113 Å². The van der Waals surface area contributed by atoms with E-state index in [0.29, 0.717) is 31.9 Å². The quantitative estimate of drug-likeness (QED) is 0.513. The largest absolute Gasteiger partial charge is 0.381 e. The lowest BCUT2D eigenvalue weighted by molar-refractivity contribution is -0.138. The van der Waals surface area contributed by atoms with Gasteiger partial charge in [0.1, 0.15) is 0 Å². The summed E-state index contributed by atoms with van der Waals surface area (Å²) in [7, 11) is 0. The van der Waals surface area contributed by atoms with Crippen LogP contribution in [0.1, 0.15) is 6.42 Å². The predicted octanol–water partition coefficient (Wildman–Crippen LogP) is -0.691. The van der Waals surface area contributed by atoms with Crippen LogP contribution in [-0.2, 0) is 9.59 Å². The number of ketones is 1. The summed E-state index contributed by atoms with van der Waals surface area (Å²) < 4.78 is 0. The summed E-state index contributed by atoms with van der Waals surface area (Å²) in [6.45, 7) is 1.90. The summed E-state index contributed by atoms with van der Waals surface area (Å²) in [5, 5.41) is 4.56. The minimum absolute atomic E-state index is 0.00159. The highest BCUT2D eigenvalue weighted by Crippen LogP contribution is 2.50. The fraction of sp³-hybridized carbons (Fsp3) is 0.412. The van der Waals surface area contributed by atoms with E-state index in [4.69, 9.17) is 11.5 Å². The highest BCUT2D eigenvalue weighted by Gasteiger charge is 2.51. The summed E-state index contributed by atoms with van der Waals surface area (Å²) in [5.74, 6) is -0.474. The first kappa shape index (κ1) is 16.6. The number of hydrogen-bond acceptors (Lipinski definition) is 6. The molecule has 7 heteroatoms. The summed E-state index contributed by atoms with van der Waals surface area (Å²) in [6.07, 6.45) is 11.5. The lowest BCUT2D eigenvalue weighted by Gasteiger charge is -2.46. The Morgan fingerprint density at radius 2 is 2.00 bits per heavy atom. The minimum atomic E-state index is -0.599. The smallest absolute Gasteiger partial charge is 0.248 e. The second-order valence-corrected chi connectivity index (χ2v) is 6.12. The van der Waals surface area contributed by atoms with Crippen molar-refractivity contribution >= 4 is 11.7 Å². The van der Waals surface area contributed by atoms with E-state index in [1.165, 1.54) is 5.01 Å². The number of nitrogens with two attached hydrogens (primary N) is 2. The van der Waals surface area contributed by atoms with Crippen molar-refractivity contribution in [2.75, 3.05) is 26.2 Å². The van der Waals surface area contributed by atoms with E-state index >= 15 is 0 Å². The van der Waals surface area contributed by atoms with Crippen molar-refractivity contribution in [2.24, 2.45) is 22.8 Å². The number of hydrogen-bond donors (Lipinski definition) is 4. The van der Waals surface area contributed by atoms with Crippen LogP contribution in [0.5, 0.6) is 0 Å². The van der Waals surface area contributed by atoms with Crippen molar-refractivity contribution in [2.45, 2.75) is 6.42 Å². The zero-order valence-electron chi connectivity index (χ0n) is 13.5. The third-order valence-corrected chi connectivity index (χ3v) is 4.61. The van der Waals surface area contributed by atoms with E-state index in [1.54, 1.807) is 6.20 Å². The molecule has 0 saturated carbocycles. The molecule has 1 amide bonds. The molecule has 3 rings (SSSR count). The van der Waals surface area contributed by atoms with Gasteiger partial charge >= 0.3 is 0 Å². The highest BCUT2D eigenvalue weighted by molar-refractivity contribution is 6.00. The Balaban J connectivity index is 2.01. The SMILES string of the molecule is NCCNC1=CC2=CN(NCCN)C(=O)C3C=CC=CC23CC1=O. The number of carbonyl (C=O) groups excluding carboxylic acids is 2. The molecule has 0 aromatic heterocycles. The molecule has 1 spiro atoms. The average Bonchev–Trinajstić information content (AvgIpc) is 2.58. The Hall–Kier alpha value is -2.22. The Labute approximate surface area is 141 Å². The second kappa shape index (κ2) is 6.72. The molecule has 2 aliphatic carbocycles. The molecule has 2 unspecified atom stereocenters. The van der Waals surface area contributed by atoms with Gasteiger partial charge in [-0.15, -0.1) is 0 Å². The summed E-state index contributed by atoms with van der Waals surface area (Å²) in [4.78, 5) is 25.4. The predicted molar refractivity (Wildman–Crippen MR) is 91.0 cm³/mol. The number of carbonyl (C=O) groups is 2. The van der Waals surface area contributed by atoms with Crippen LogP contribution >= 0.6 is 0 Å². The van der Waals surface area contributed by atoms with Crippen molar-refractivity contribution in [3.05, 3.63) is 47.9 Å². The first-order valence-electron chi connectivity index (χ1n) is 8.16. The maximum Gasteiger partial charge on any atom is 0.248 e. The van der Waals surface area contributed by atoms with Crippen molar-refractivity contribution in [1.29, 1.82) is 0 Å². The van der Waals surface area contributed by atoms with Gasteiger partial charge in [-0.05, 0) is 11.6 Å². The minimum Gasteiger partial charge on any atom is -0.381 e. The van der Waals surface area contributed by atoms with Crippen LogP contribution in [0.25, 0.3) is 0 Å². The molecule has 0 saturated heterocycles. The van der Waals surface area contributed by atoms with Crippen LogP contribution in [0.2, 0.25) is 0 Å². The summed E-state index contributed by atoms with van der Waals surface area (Å²) in [6, 6.07) is 0. The fourth-order valence-corrected chi connectivity index (χ4v) is 3.43. The fourth-order valence-electron chi connectivity index (χ4n) is 3.43. The standard InChI is InChI=1S/C17H23N5O2/c18-5-7-20-14-9-12-11-22(21-8-6-19)16(24)13-3-1-2-4-17(12,13)10-15(14)23/h1-4,9,11,13,20-21H,5-8,10,18-19H2. The van der Waals surface area contributed by atoms with Gasteiger partial charge in [-0.1, -0.05) is 24.3 Å². The van der Waals surface area contributed by atoms with Gasteiger partial charge in [-0.3, -0.25) is 14.6 Å². The molecule has 0 aromatic carbocycles. The molecule has 128 valence electrons. The van der Waals surface area contributed by atoms with Gasteiger partial charge in [0.15, 0.2) is 5.78 Å². The van der Waals surface area contributed by atoms with E-state index in [-0.39, 0.29) is 18.1 Å². The van der Waals surface area contributed by atoms with Crippen LogP contribution < -0.4 is 22.2 Å². The second-order valence-electron chi connectivity index (χ2n) is 6.12. The normalized spacial score (nSPS) is 28.2. The van der Waals surface area contributed by atoms with Gasteiger partial charge < -0.3 is 16.8 Å². The monoisotopic (exact) mass is 329 g/mol. The first-order chi connectivity index (χ1) is 11.6. The molecule has 3 aliphatic rings. The third-order valence-electron chi connectivity index (χ3n) is 4.61. The Morgan fingerprint density at radius 1 is 1.21 bits per heavy atom. The number of hydrazine groups is 1.